The van der Waals surface area contributed by atoms with E-state index >= 15 is 0 Å². The number of furan rings is 1. The molecule has 0 atom stereocenters. The molecule has 6 aromatic rings. The predicted molar refractivity (Wildman–Crippen MR) is 194 cm³/mol. The second-order valence-electron chi connectivity index (χ2n) is 14.2. The third-order valence-electron chi connectivity index (χ3n) is 8.95. The zero-order valence-electron chi connectivity index (χ0n) is 28.3. The Bertz CT molecular complexity index is 1910. The van der Waals surface area contributed by atoms with Crippen LogP contribution in [-0.4, -0.2) is 23.0 Å². The van der Waals surface area contributed by atoms with Crippen LogP contribution < -0.4 is 5.19 Å². The van der Waals surface area contributed by atoms with E-state index in [1.54, 1.807) is 6.20 Å². The second kappa shape index (κ2) is 15.6. The molecular formula is C41H45IrN3OSi-2. The van der Waals surface area contributed by atoms with Gasteiger partial charge in [-0.15, -0.1) is 54.1 Å². The fraction of sp³-hybridized carbons (Fsp3) is 0.341. The first-order chi connectivity index (χ1) is 22.3. The number of benzene rings is 2. The van der Waals surface area contributed by atoms with Gasteiger partial charge in [-0.25, -0.2) is 4.98 Å². The molecule has 0 spiro atoms. The van der Waals surface area contributed by atoms with Gasteiger partial charge in [0.05, 0.1) is 13.7 Å². The van der Waals surface area contributed by atoms with Gasteiger partial charge in [-0.2, -0.15) is 0 Å². The number of pyridine rings is 3. The first-order valence-electron chi connectivity index (χ1n) is 16.9. The van der Waals surface area contributed by atoms with Gasteiger partial charge in [-0.3, -0.25) is 0 Å². The Hall–Kier alpha value is -3.44. The van der Waals surface area contributed by atoms with Gasteiger partial charge in [0.15, 0.2) is 0 Å². The third-order valence-corrected chi connectivity index (χ3v) is 11.0. The summed E-state index contributed by atoms with van der Waals surface area (Å²) in [5.74, 6) is 1.48. The van der Waals surface area contributed by atoms with E-state index in [-0.39, 0.29) is 20.1 Å². The van der Waals surface area contributed by atoms with Gasteiger partial charge in [0.1, 0.15) is 0 Å². The maximum Gasteiger partial charge on any atom is 0.216 e. The van der Waals surface area contributed by atoms with Crippen molar-refractivity contribution in [2.24, 2.45) is 11.8 Å². The fourth-order valence-corrected chi connectivity index (χ4v) is 8.30. The van der Waals surface area contributed by atoms with Crippen molar-refractivity contribution in [3.63, 3.8) is 0 Å². The van der Waals surface area contributed by atoms with Crippen LogP contribution in [0, 0.1) is 24.0 Å². The van der Waals surface area contributed by atoms with Gasteiger partial charge in [0.25, 0.3) is 0 Å². The molecule has 0 bridgehead atoms. The predicted octanol–water partition coefficient (Wildman–Crippen LogP) is 10.3. The van der Waals surface area contributed by atoms with Crippen molar-refractivity contribution >= 4 is 35.3 Å². The Morgan fingerprint density at radius 1 is 0.830 bits per heavy atom. The molecule has 0 unspecified atom stereocenters. The molecule has 1 fully saturated rings. The Morgan fingerprint density at radius 3 is 2.40 bits per heavy atom. The standard InChI is InChI=1S/C23H21N2O.C18H24NSi.Ir/c1-2-6-16(7-3-1)14-17-11-13-24-21(15-17)20-9-4-8-18-19-10-5-12-25-23(19)26-22(18)20;1-14(2)11-16-12-17(15-9-7-6-8-10-15)19-13-18(16)20(3,4)5;/h4-5,8,10-13,15-16H,1-3,6-7,14H2;6-9,12-14H,11H2,1-5H3;/q2*-1;. The molecule has 6 heteroatoms. The number of hydrogen-bond acceptors (Lipinski definition) is 4. The summed E-state index contributed by atoms with van der Waals surface area (Å²) in [6.45, 7) is 11.7. The molecule has 0 saturated heterocycles. The number of rotatable bonds is 7. The second-order valence-corrected chi connectivity index (χ2v) is 19.2. The van der Waals surface area contributed by atoms with Crippen molar-refractivity contribution in [2.45, 2.75) is 78.4 Å². The zero-order chi connectivity index (χ0) is 32.1. The van der Waals surface area contributed by atoms with E-state index < -0.39 is 8.07 Å². The van der Waals surface area contributed by atoms with Crippen LogP contribution in [0.3, 0.4) is 0 Å². The number of hydrogen-bond donors (Lipinski definition) is 0. The van der Waals surface area contributed by atoms with E-state index in [0.717, 1.165) is 57.6 Å². The summed E-state index contributed by atoms with van der Waals surface area (Å²) in [5, 5.41) is 3.60. The van der Waals surface area contributed by atoms with Crippen LogP contribution in [0.25, 0.3) is 44.6 Å². The molecule has 2 aromatic carbocycles. The van der Waals surface area contributed by atoms with Crippen LogP contribution in [-0.2, 0) is 32.9 Å². The topological polar surface area (TPSA) is 51.8 Å². The third kappa shape index (κ3) is 8.54. The van der Waals surface area contributed by atoms with Gasteiger partial charge in [0.2, 0.25) is 5.71 Å². The van der Waals surface area contributed by atoms with Crippen molar-refractivity contribution < 1.29 is 24.5 Å². The molecule has 1 radical (unpaired) electrons. The van der Waals surface area contributed by atoms with Crippen LogP contribution in [0.4, 0.5) is 0 Å². The molecule has 4 aromatic heterocycles. The summed E-state index contributed by atoms with van der Waals surface area (Å²) < 4.78 is 6.05. The van der Waals surface area contributed by atoms with Crippen molar-refractivity contribution in [3.05, 3.63) is 109 Å². The van der Waals surface area contributed by atoms with Gasteiger partial charge >= 0.3 is 0 Å². The van der Waals surface area contributed by atoms with E-state index in [2.05, 4.69) is 91.0 Å². The van der Waals surface area contributed by atoms with Crippen LogP contribution in [0.5, 0.6) is 0 Å². The molecule has 245 valence electrons. The summed E-state index contributed by atoms with van der Waals surface area (Å²) >= 11 is 0. The van der Waals surface area contributed by atoms with E-state index in [1.807, 2.05) is 48.7 Å². The minimum Gasteiger partial charge on any atom is -0.486 e. The van der Waals surface area contributed by atoms with Crippen molar-refractivity contribution in [1.29, 1.82) is 0 Å². The molecule has 1 aliphatic carbocycles. The molecule has 4 heterocycles. The summed E-state index contributed by atoms with van der Waals surface area (Å²) in [5.41, 5.74) is 8.31. The van der Waals surface area contributed by atoms with E-state index in [9.17, 15) is 0 Å². The Morgan fingerprint density at radius 2 is 1.66 bits per heavy atom. The molecule has 0 amide bonds. The molecule has 0 aliphatic heterocycles. The first kappa shape index (κ1) is 34.9. The smallest absolute Gasteiger partial charge is 0.216 e. The number of nitrogens with zero attached hydrogens (tertiary/aromatic N) is 3. The van der Waals surface area contributed by atoms with Crippen LogP contribution in [0.15, 0.2) is 89.7 Å². The minimum atomic E-state index is -1.34. The van der Waals surface area contributed by atoms with Gasteiger partial charge in [0, 0.05) is 44.1 Å². The summed E-state index contributed by atoms with van der Waals surface area (Å²) in [4.78, 5) is 13.6. The summed E-state index contributed by atoms with van der Waals surface area (Å²) in [6.07, 6.45) is 14.9. The molecule has 7 rings (SSSR count). The average molecular weight is 816 g/mol. The van der Waals surface area contributed by atoms with Crippen molar-refractivity contribution in [3.8, 4) is 22.5 Å². The number of fused-ring (bicyclic) bond motifs is 3. The van der Waals surface area contributed by atoms with Gasteiger partial charge < -0.3 is 14.4 Å². The van der Waals surface area contributed by atoms with Gasteiger partial charge in [-0.05, 0) is 59.5 Å². The molecule has 1 aliphatic rings. The fourth-order valence-electron chi connectivity index (χ4n) is 6.71. The molecule has 47 heavy (non-hydrogen) atoms. The van der Waals surface area contributed by atoms with Crippen LogP contribution in [0.2, 0.25) is 19.6 Å². The molecule has 0 N–H and O–H groups in total. The Kier molecular flexibility index (Phi) is 11.6. The van der Waals surface area contributed by atoms with Crippen LogP contribution in [0.1, 0.15) is 57.1 Å². The maximum atomic E-state index is 6.05. The largest absolute Gasteiger partial charge is 0.486 e. The average Bonchev–Trinajstić information content (AvgIpc) is 3.44. The van der Waals surface area contributed by atoms with Crippen LogP contribution >= 0.6 is 0 Å². The molecular weight excluding hydrogens is 771 g/mol. The van der Waals surface area contributed by atoms with E-state index in [4.69, 9.17) is 4.42 Å². The van der Waals surface area contributed by atoms with E-state index in [1.165, 1.54) is 48.4 Å². The Balaban J connectivity index is 0.000000188. The first-order valence-corrected chi connectivity index (χ1v) is 20.4. The van der Waals surface area contributed by atoms with Crippen molar-refractivity contribution in [1.82, 2.24) is 15.0 Å². The summed E-state index contributed by atoms with van der Waals surface area (Å²) in [7, 11) is -1.34. The molecule has 1 saturated carbocycles. The van der Waals surface area contributed by atoms with Gasteiger partial charge in [-0.1, -0.05) is 99.8 Å². The Labute approximate surface area is 294 Å². The maximum absolute atomic E-state index is 6.05. The number of aromatic nitrogens is 3. The van der Waals surface area contributed by atoms with Crippen molar-refractivity contribution in [2.75, 3.05) is 0 Å². The minimum absolute atomic E-state index is 0. The van der Waals surface area contributed by atoms with E-state index in [0.29, 0.717) is 11.6 Å². The normalized spacial score (nSPS) is 13.7. The zero-order valence-corrected chi connectivity index (χ0v) is 31.7. The molecule has 4 nitrogen and oxygen atoms in total. The quantitative estimate of drug-likeness (QED) is 0.119. The summed E-state index contributed by atoms with van der Waals surface area (Å²) in [6, 6.07) is 29.3. The monoisotopic (exact) mass is 816 g/mol. The SMILES string of the molecule is CC(C)Cc1cc(-c2[c-]cccc2)ncc1[Si](C)(C)C.[Ir].[c-]1ccc2c(oc3ncccc32)c1-c1cc(CC2CCCCC2)ccn1.